The fourth-order valence-corrected chi connectivity index (χ4v) is 4.64. The van der Waals surface area contributed by atoms with Gasteiger partial charge in [0, 0.05) is 5.92 Å². The number of alkyl carbamates (subject to hydrolysis) is 1. The van der Waals surface area contributed by atoms with Gasteiger partial charge < -0.3 is 19.9 Å². The molecule has 0 saturated heterocycles. The molecule has 2 aliphatic carbocycles. The number of nitrogens with one attached hydrogen (secondary N) is 1. The van der Waals surface area contributed by atoms with E-state index in [4.69, 9.17) is 9.47 Å². The number of carbonyl (C=O) groups excluding carboxylic acids is 2. The zero-order valence-corrected chi connectivity index (χ0v) is 18.2. The van der Waals surface area contributed by atoms with Gasteiger partial charge in [0.2, 0.25) is 0 Å². The van der Waals surface area contributed by atoms with Gasteiger partial charge in [-0.05, 0) is 57.8 Å². The largest absolute Gasteiger partial charge is 0.467 e. The second-order valence-electron chi connectivity index (χ2n) is 9.44. The van der Waals surface area contributed by atoms with E-state index < -0.39 is 29.8 Å². The highest BCUT2D eigenvalue weighted by Crippen LogP contribution is 2.44. The van der Waals surface area contributed by atoms with Gasteiger partial charge in [-0.1, -0.05) is 38.3 Å². The predicted octanol–water partition coefficient (Wildman–Crippen LogP) is 3.82. The van der Waals surface area contributed by atoms with Crippen LogP contribution < -0.4 is 5.32 Å². The van der Waals surface area contributed by atoms with Gasteiger partial charge in [0.05, 0.1) is 13.2 Å². The normalized spacial score (nSPS) is 32.1. The third kappa shape index (κ3) is 5.72. The predicted molar refractivity (Wildman–Crippen MR) is 108 cm³/mol. The first-order chi connectivity index (χ1) is 13.0. The van der Waals surface area contributed by atoms with E-state index in [0.717, 1.165) is 18.4 Å². The lowest BCUT2D eigenvalue weighted by Gasteiger charge is -2.42. The Bertz CT molecular complexity index is 594. The second kappa shape index (κ2) is 9.29. The zero-order valence-electron chi connectivity index (χ0n) is 18.2. The molecule has 3 unspecified atom stereocenters. The molecule has 2 rings (SSSR count). The van der Waals surface area contributed by atoms with Crippen LogP contribution in [0.25, 0.3) is 0 Å². The van der Waals surface area contributed by atoms with Crippen LogP contribution >= 0.6 is 0 Å². The van der Waals surface area contributed by atoms with Crippen LogP contribution in [0, 0.1) is 23.7 Å². The van der Waals surface area contributed by atoms with E-state index in [2.05, 4.69) is 19.2 Å². The van der Waals surface area contributed by atoms with Gasteiger partial charge in [0.25, 0.3) is 0 Å². The van der Waals surface area contributed by atoms with Crippen molar-refractivity contribution >= 4 is 12.1 Å². The molecule has 0 heterocycles. The fraction of sp³-hybridized carbons (Fsp3) is 0.818. The molecule has 0 spiro atoms. The van der Waals surface area contributed by atoms with Crippen molar-refractivity contribution < 1.29 is 24.2 Å². The summed E-state index contributed by atoms with van der Waals surface area (Å²) in [5.41, 5.74) is 0.434. The van der Waals surface area contributed by atoms with Crippen LogP contribution in [0.3, 0.4) is 0 Å². The van der Waals surface area contributed by atoms with Gasteiger partial charge in [-0.15, -0.1) is 0 Å². The summed E-state index contributed by atoms with van der Waals surface area (Å²) in [6, 6.07) is -0.817. The lowest BCUT2D eigenvalue weighted by molar-refractivity contribution is -0.144. The van der Waals surface area contributed by atoms with Crippen molar-refractivity contribution in [3.8, 4) is 0 Å². The molecular formula is C22H37NO5. The van der Waals surface area contributed by atoms with Gasteiger partial charge in [0.1, 0.15) is 11.6 Å². The van der Waals surface area contributed by atoms with E-state index in [1.807, 2.05) is 6.08 Å². The van der Waals surface area contributed by atoms with E-state index in [9.17, 15) is 14.7 Å². The summed E-state index contributed by atoms with van der Waals surface area (Å²) in [7, 11) is 1.33. The molecule has 0 bridgehead atoms. The van der Waals surface area contributed by atoms with Crippen molar-refractivity contribution in [2.75, 3.05) is 7.11 Å². The fourth-order valence-electron chi connectivity index (χ4n) is 4.64. The Kier molecular flexibility index (Phi) is 7.54. The third-order valence-electron chi connectivity index (χ3n) is 6.25. The number of rotatable bonds is 4. The molecule has 6 heteroatoms. The Morgan fingerprint density at radius 2 is 1.86 bits per heavy atom. The first kappa shape index (κ1) is 22.7. The van der Waals surface area contributed by atoms with Gasteiger partial charge in [0.15, 0.2) is 0 Å². The number of ether oxygens (including phenoxy) is 2. The number of hydrogen-bond acceptors (Lipinski definition) is 5. The first-order valence-corrected chi connectivity index (χ1v) is 10.5. The Labute approximate surface area is 169 Å². The van der Waals surface area contributed by atoms with E-state index in [1.165, 1.54) is 13.5 Å². The molecule has 6 atom stereocenters. The number of carbonyl (C=O) groups is 2. The number of esters is 1. The van der Waals surface area contributed by atoms with Gasteiger partial charge in [-0.2, -0.15) is 0 Å². The van der Waals surface area contributed by atoms with Crippen molar-refractivity contribution in [3.63, 3.8) is 0 Å². The summed E-state index contributed by atoms with van der Waals surface area (Å²) in [5.74, 6) is 0.689. The van der Waals surface area contributed by atoms with Crippen LogP contribution in [-0.4, -0.2) is 42.0 Å². The molecule has 0 aromatic heterocycles. The summed E-state index contributed by atoms with van der Waals surface area (Å²) in [4.78, 5) is 25.0. The van der Waals surface area contributed by atoms with Crippen LogP contribution in [0.4, 0.5) is 4.79 Å². The van der Waals surface area contributed by atoms with Crippen LogP contribution in [-0.2, 0) is 14.3 Å². The Morgan fingerprint density at radius 3 is 2.46 bits per heavy atom. The SMILES string of the molecule is COC(=O)[C@@H](NC(=O)OC(C)(C)C)C1CC[C@@H](O)C=C1C1CCC[C@H](C)C1C. The van der Waals surface area contributed by atoms with E-state index >= 15 is 0 Å². The smallest absolute Gasteiger partial charge is 0.408 e. The maximum absolute atomic E-state index is 12.6. The van der Waals surface area contributed by atoms with Crippen LogP contribution in [0.2, 0.25) is 0 Å². The highest BCUT2D eigenvalue weighted by molar-refractivity contribution is 5.82. The van der Waals surface area contributed by atoms with Gasteiger partial charge in [-0.3, -0.25) is 0 Å². The Balaban J connectivity index is 2.30. The van der Waals surface area contributed by atoms with Crippen molar-refractivity contribution in [2.45, 2.75) is 84.5 Å². The molecule has 2 N–H and O–H groups in total. The molecule has 0 aromatic rings. The van der Waals surface area contributed by atoms with Gasteiger partial charge in [-0.25, -0.2) is 9.59 Å². The molecule has 0 aromatic carbocycles. The number of aliphatic hydroxyl groups excluding tert-OH is 1. The van der Waals surface area contributed by atoms with Crippen molar-refractivity contribution in [2.24, 2.45) is 23.7 Å². The molecule has 0 radical (unpaired) electrons. The van der Waals surface area contributed by atoms with Crippen LogP contribution in [0.1, 0.15) is 66.7 Å². The molecule has 2 aliphatic rings. The number of methoxy groups -OCH3 is 1. The summed E-state index contributed by atoms with van der Waals surface area (Å²) >= 11 is 0. The van der Waals surface area contributed by atoms with E-state index in [0.29, 0.717) is 30.6 Å². The average Bonchev–Trinajstić information content (AvgIpc) is 2.60. The monoisotopic (exact) mass is 395 g/mol. The minimum Gasteiger partial charge on any atom is -0.467 e. The molecule has 1 fully saturated rings. The lowest BCUT2D eigenvalue weighted by atomic mass is 9.65. The minimum absolute atomic E-state index is 0.193. The molecule has 160 valence electrons. The maximum Gasteiger partial charge on any atom is 0.408 e. The molecular weight excluding hydrogens is 358 g/mol. The summed E-state index contributed by atoms with van der Waals surface area (Å²) in [6.07, 6.45) is 5.36. The second-order valence-corrected chi connectivity index (χ2v) is 9.44. The summed E-state index contributed by atoms with van der Waals surface area (Å²) in [5, 5.41) is 13.0. The van der Waals surface area contributed by atoms with E-state index in [1.54, 1.807) is 20.8 Å². The number of hydrogen-bond donors (Lipinski definition) is 2. The number of amides is 1. The highest BCUT2D eigenvalue weighted by atomic mass is 16.6. The van der Waals surface area contributed by atoms with Crippen molar-refractivity contribution in [3.05, 3.63) is 11.6 Å². The van der Waals surface area contributed by atoms with Crippen molar-refractivity contribution in [1.29, 1.82) is 0 Å². The van der Waals surface area contributed by atoms with Crippen LogP contribution in [0.5, 0.6) is 0 Å². The molecule has 0 aliphatic heterocycles. The van der Waals surface area contributed by atoms with E-state index in [-0.39, 0.29) is 5.92 Å². The van der Waals surface area contributed by atoms with Gasteiger partial charge >= 0.3 is 12.1 Å². The van der Waals surface area contributed by atoms with Crippen molar-refractivity contribution in [1.82, 2.24) is 5.32 Å². The summed E-state index contributed by atoms with van der Waals surface area (Å²) in [6.45, 7) is 9.87. The standard InChI is InChI=1S/C22H37NO5/c1-13-8-7-9-16(14(13)2)18-12-15(24)10-11-17(18)19(20(25)27-6)23-21(26)28-22(3,4)5/h12-17,19,24H,7-11H2,1-6H3,(H,23,26)/t13-,14?,15+,16?,17?,19-/m0/s1. The highest BCUT2D eigenvalue weighted by Gasteiger charge is 2.41. The number of aliphatic hydroxyl groups is 1. The Hall–Kier alpha value is -1.56. The Morgan fingerprint density at radius 1 is 1.18 bits per heavy atom. The third-order valence-corrected chi connectivity index (χ3v) is 6.25. The molecule has 1 amide bonds. The maximum atomic E-state index is 12.6. The molecule has 6 nitrogen and oxygen atoms in total. The quantitative estimate of drug-likeness (QED) is 0.558. The molecule has 28 heavy (non-hydrogen) atoms. The minimum atomic E-state index is -0.817. The van der Waals surface area contributed by atoms with Crippen LogP contribution in [0.15, 0.2) is 11.6 Å². The first-order valence-electron chi connectivity index (χ1n) is 10.5. The zero-order chi connectivity index (χ0) is 21.1. The topological polar surface area (TPSA) is 84.9 Å². The average molecular weight is 396 g/mol. The summed E-state index contributed by atoms with van der Waals surface area (Å²) < 4.78 is 10.4. The lowest BCUT2D eigenvalue weighted by Crippen LogP contribution is -2.50. The molecule has 1 saturated carbocycles.